The quantitative estimate of drug-likeness (QED) is 0.907. The molecule has 1 aromatic carbocycles. The molecule has 0 aliphatic carbocycles. The van der Waals surface area contributed by atoms with Crippen molar-refractivity contribution in [2.45, 2.75) is 12.2 Å². The lowest BCUT2D eigenvalue weighted by Crippen LogP contribution is -2.57. The van der Waals surface area contributed by atoms with Gasteiger partial charge >= 0.3 is 6.18 Å². The average molecular weight is 295 g/mol. The highest BCUT2D eigenvalue weighted by molar-refractivity contribution is 5.94. The second-order valence-electron chi connectivity index (χ2n) is 4.31. The summed E-state index contributed by atoms with van der Waals surface area (Å²) in [7, 11) is 1.61. The molecule has 1 fully saturated rings. The zero-order valence-electron chi connectivity index (χ0n) is 10.2. The molecule has 1 heterocycles. The van der Waals surface area contributed by atoms with Crippen LogP contribution in [0.3, 0.4) is 0 Å². The van der Waals surface area contributed by atoms with Crippen LogP contribution in [-0.4, -0.2) is 37.0 Å². The Morgan fingerprint density at radius 2 is 2.00 bits per heavy atom. The first-order chi connectivity index (χ1) is 8.39. The van der Waals surface area contributed by atoms with E-state index in [1.807, 2.05) is 0 Å². The van der Waals surface area contributed by atoms with E-state index in [4.69, 9.17) is 0 Å². The summed E-state index contributed by atoms with van der Waals surface area (Å²) in [4.78, 5) is 13.5. The van der Waals surface area contributed by atoms with Gasteiger partial charge in [0, 0.05) is 25.7 Å². The van der Waals surface area contributed by atoms with Gasteiger partial charge in [-0.15, -0.1) is 12.4 Å². The first kappa shape index (κ1) is 15.8. The number of hydrogen-bond donors (Lipinski definition) is 1. The molecule has 1 saturated heterocycles. The van der Waals surface area contributed by atoms with Gasteiger partial charge in [0.25, 0.3) is 5.91 Å². The van der Waals surface area contributed by atoms with Gasteiger partial charge in [-0.3, -0.25) is 4.79 Å². The standard InChI is InChI=1S/C12H13F3N2O.ClH/c1-17(10-6-16-7-10)11(18)8-3-2-4-9(5-8)12(13,14)15;/h2-5,10,16H,6-7H2,1H3;1H. The topological polar surface area (TPSA) is 32.3 Å². The molecular weight excluding hydrogens is 281 g/mol. The van der Waals surface area contributed by atoms with Gasteiger partial charge in [-0.25, -0.2) is 0 Å². The number of carbonyl (C=O) groups excluding carboxylic acids is 1. The molecule has 1 aromatic rings. The third-order valence-electron chi connectivity index (χ3n) is 3.06. The Labute approximate surface area is 115 Å². The number of hydrogen-bond acceptors (Lipinski definition) is 2. The van der Waals surface area contributed by atoms with E-state index in [0.717, 1.165) is 12.1 Å². The van der Waals surface area contributed by atoms with Crippen molar-refractivity contribution in [2.75, 3.05) is 20.1 Å². The minimum atomic E-state index is -4.42. The van der Waals surface area contributed by atoms with Gasteiger partial charge in [0.2, 0.25) is 0 Å². The molecular formula is C12H14ClF3N2O. The molecule has 1 amide bonds. The summed E-state index contributed by atoms with van der Waals surface area (Å²) in [6.45, 7) is 1.36. The molecule has 0 unspecified atom stereocenters. The zero-order valence-corrected chi connectivity index (χ0v) is 11.0. The number of benzene rings is 1. The Kier molecular flexibility index (Phi) is 4.81. The maximum Gasteiger partial charge on any atom is 0.416 e. The van der Waals surface area contributed by atoms with Gasteiger partial charge in [-0.05, 0) is 18.2 Å². The van der Waals surface area contributed by atoms with Crippen LogP contribution in [0, 0.1) is 0 Å². The van der Waals surface area contributed by atoms with E-state index in [-0.39, 0.29) is 29.9 Å². The second kappa shape index (κ2) is 5.79. The molecule has 3 nitrogen and oxygen atoms in total. The first-order valence-corrected chi connectivity index (χ1v) is 5.55. The van der Waals surface area contributed by atoms with Crippen LogP contribution in [-0.2, 0) is 6.18 Å². The molecule has 1 aliphatic rings. The van der Waals surface area contributed by atoms with Gasteiger partial charge in [0.1, 0.15) is 0 Å². The third-order valence-corrected chi connectivity index (χ3v) is 3.06. The number of carbonyl (C=O) groups is 1. The van der Waals surface area contributed by atoms with Crippen LogP contribution in [0.5, 0.6) is 0 Å². The lowest BCUT2D eigenvalue weighted by molar-refractivity contribution is -0.137. The Morgan fingerprint density at radius 1 is 1.37 bits per heavy atom. The number of nitrogens with zero attached hydrogens (tertiary/aromatic N) is 1. The Bertz CT molecular complexity index is 461. The molecule has 1 aliphatic heterocycles. The van der Waals surface area contributed by atoms with Gasteiger partial charge in [0.05, 0.1) is 11.6 Å². The molecule has 0 spiro atoms. The monoisotopic (exact) mass is 294 g/mol. The van der Waals surface area contributed by atoms with Crippen molar-refractivity contribution in [3.63, 3.8) is 0 Å². The molecule has 0 saturated carbocycles. The average Bonchev–Trinajstić information content (AvgIpc) is 2.24. The summed E-state index contributed by atoms with van der Waals surface area (Å²) in [5, 5.41) is 3.01. The number of halogens is 4. The molecule has 0 bridgehead atoms. The molecule has 19 heavy (non-hydrogen) atoms. The van der Waals surface area contributed by atoms with Crippen molar-refractivity contribution in [1.29, 1.82) is 0 Å². The second-order valence-corrected chi connectivity index (χ2v) is 4.31. The smallest absolute Gasteiger partial charge is 0.336 e. The maximum absolute atomic E-state index is 12.5. The van der Waals surface area contributed by atoms with Gasteiger partial charge in [-0.2, -0.15) is 13.2 Å². The predicted molar refractivity (Wildman–Crippen MR) is 67.4 cm³/mol. The van der Waals surface area contributed by atoms with Gasteiger partial charge < -0.3 is 10.2 Å². The van der Waals surface area contributed by atoms with Crippen molar-refractivity contribution in [3.8, 4) is 0 Å². The maximum atomic E-state index is 12.5. The Balaban J connectivity index is 0.00000180. The van der Waals surface area contributed by atoms with Crippen molar-refractivity contribution >= 4 is 18.3 Å². The summed E-state index contributed by atoms with van der Waals surface area (Å²) in [6, 6.07) is 4.57. The van der Waals surface area contributed by atoms with E-state index in [0.29, 0.717) is 13.1 Å². The minimum Gasteiger partial charge on any atom is -0.336 e. The lowest BCUT2D eigenvalue weighted by Gasteiger charge is -2.35. The SMILES string of the molecule is CN(C(=O)c1cccc(C(F)(F)F)c1)C1CNC1.Cl. The van der Waals surface area contributed by atoms with Crippen LogP contribution >= 0.6 is 12.4 Å². The third kappa shape index (κ3) is 3.39. The highest BCUT2D eigenvalue weighted by atomic mass is 35.5. The van der Waals surface area contributed by atoms with E-state index in [9.17, 15) is 18.0 Å². The number of amides is 1. The summed E-state index contributed by atoms with van der Waals surface area (Å²) < 4.78 is 37.6. The highest BCUT2D eigenvalue weighted by Crippen LogP contribution is 2.29. The fourth-order valence-electron chi connectivity index (χ4n) is 1.75. The van der Waals surface area contributed by atoms with E-state index < -0.39 is 11.7 Å². The van der Waals surface area contributed by atoms with Crippen molar-refractivity contribution in [1.82, 2.24) is 10.2 Å². The van der Waals surface area contributed by atoms with E-state index in [2.05, 4.69) is 5.32 Å². The summed E-state index contributed by atoms with van der Waals surface area (Å²) in [5.74, 6) is -0.382. The number of rotatable bonds is 2. The van der Waals surface area contributed by atoms with Crippen molar-refractivity contribution < 1.29 is 18.0 Å². The summed E-state index contributed by atoms with van der Waals surface area (Å²) in [6.07, 6.45) is -4.42. The number of alkyl halides is 3. The number of likely N-dealkylation sites (N-methyl/N-ethyl adjacent to an activating group) is 1. The fourth-order valence-corrected chi connectivity index (χ4v) is 1.75. The van der Waals surface area contributed by atoms with Crippen LogP contribution in [0.1, 0.15) is 15.9 Å². The normalized spacial score (nSPS) is 15.4. The minimum absolute atomic E-state index is 0. The summed E-state index contributed by atoms with van der Waals surface area (Å²) in [5.41, 5.74) is -0.729. The Morgan fingerprint density at radius 3 is 2.47 bits per heavy atom. The van der Waals surface area contributed by atoms with Gasteiger partial charge in [-0.1, -0.05) is 6.07 Å². The Hall–Kier alpha value is -1.27. The van der Waals surface area contributed by atoms with E-state index in [1.165, 1.54) is 17.0 Å². The predicted octanol–water partition coefficient (Wildman–Crippen LogP) is 2.17. The molecule has 7 heteroatoms. The number of nitrogens with one attached hydrogen (secondary N) is 1. The fraction of sp³-hybridized carbons (Fsp3) is 0.417. The van der Waals surface area contributed by atoms with Gasteiger partial charge in [0.15, 0.2) is 0 Å². The molecule has 1 N–H and O–H groups in total. The van der Waals surface area contributed by atoms with Crippen molar-refractivity contribution in [2.24, 2.45) is 0 Å². The molecule has 0 aromatic heterocycles. The largest absolute Gasteiger partial charge is 0.416 e. The summed E-state index contributed by atoms with van der Waals surface area (Å²) >= 11 is 0. The zero-order chi connectivity index (χ0) is 13.3. The molecule has 106 valence electrons. The van der Waals surface area contributed by atoms with Crippen LogP contribution < -0.4 is 5.32 Å². The van der Waals surface area contributed by atoms with E-state index >= 15 is 0 Å². The molecule has 0 radical (unpaired) electrons. The van der Waals surface area contributed by atoms with Crippen LogP contribution in [0.15, 0.2) is 24.3 Å². The van der Waals surface area contributed by atoms with Crippen LogP contribution in [0.4, 0.5) is 13.2 Å². The lowest BCUT2D eigenvalue weighted by atomic mass is 10.1. The molecule has 2 rings (SSSR count). The van der Waals surface area contributed by atoms with Crippen LogP contribution in [0.2, 0.25) is 0 Å². The van der Waals surface area contributed by atoms with E-state index in [1.54, 1.807) is 7.05 Å². The van der Waals surface area contributed by atoms with Crippen molar-refractivity contribution in [3.05, 3.63) is 35.4 Å². The first-order valence-electron chi connectivity index (χ1n) is 5.55. The highest BCUT2D eigenvalue weighted by Gasteiger charge is 2.32. The van der Waals surface area contributed by atoms with Crippen LogP contribution in [0.25, 0.3) is 0 Å². The molecule has 0 atom stereocenters.